The fraction of sp³-hybridized carbons (Fsp3) is 0.400. The summed E-state index contributed by atoms with van der Waals surface area (Å²) < 4.78 is 25.9. The van der Waals surface area contributed by atoms with E-state index >= 15 is 0 Å². The van der Waals surface area contributed by atoms with E-state index in [0.29, 0.717) is 6.42 Å². The SMILES string of the molecule is CCC(N)C(O)c1cc(F)ccc1F. The molecular formula is C10H13F2NO. The first kappa shape index (κ1) is 11.1. The van der Waals surface area contributed by atoms with Crippen LogP contribution in [-0.2, 0) is 0 Å². The van der Waals surface area contributed by atoms with Gasteiger partial charge in [-0.1, -0.05) is 6.92 Å². The monoisotopic (exact) mass is 201 g/mol. The van der Waals surface area contributed by atoms with E-state index in [1.807, 2.05) is 0 Å². The third kappa shape index (κ3) is 2.27. The molecular weight excluding hydrogens is 188 g/mol. The molecule has 0 aliphatic heterocycles. The van der Waals surface area contributed by atoms with E-state index < -0.39 is 23.8 Å². The Balaban J connectivity index is 2.99. The van der Waals surface area contributed by atoms with Gasteiger partial charge < -0.3 is 10.8 Å². The van der Waals surface area contributed by atoms with Crippen LogP contribution in [0.4, 0.5) is 8.78 Å². The van der Waals surface area contributed by atoms with E-state index in [2.05, 4.69) is 0 Å². The zero-order chi connectivity index (χ0) is 10.7. The molecule has 2 atom stereocenters. The molecule has 1 rings (SSSR count). The van der Waals surface area contributed by atoms with Crippen molar-refractivity contribution in [3.8, 4) is 0 Å². The van der Waals surface area contributed by atoms with E-state index in [0.717, 1.165) is 18.2 Å². The second-order valence-corrected chi connectivity index (χ2v) is 3.18. The third-order valence-corrected chi connectivity index (χ3v) is 2.15. The lowest BCUT2D eigenvalue weighted by Crippen LogP contribution is -2.28. The number of halogens is 2. The van der Waals surface area contributed by atoms with Gasteiger partial charge in [0.15, 0.2) is 0 Å². The Bertz CT molecular complexity index is 317. The van der Waals surface area contributed by atoms with Gasteiger partial charge in [0.1, 0.15) is 11.6 Å². The maximum absolute atomic E-state index is 13.1. The lowest BCUT2D eigenvalue weighted by Gasteiger charge is -2.17. The molecule has 0 aliphatic carbocycles. The average Bonchev–Trinajstić information content (AvgIpc) is 2.19. The Morgan fingerprint density at radius 2 is 2.07 bits per heavy atom. The molecule has 0 bridgehead atoms. The zero-order valence-corrected chi connectivity index (χ0v) is 7.87. The van der Waals surface area contributed by atoms with Gasteiger partial charge >= 0.3 is 0 Å². The van der Waals surface area contributed by atoms with Crippen LogP contribution in [0.1, 0.15) is 25.0 Å². The highest BCUT2D eigenvalue weighted by atomic mass is 19.1. The van der Waals surface area contributed by atoms with Crippen molar-refractivity contribution in [1.82, 2.24) is 0 Å². The summed E-state index contributed by atoms with van der Waals surface area (Å²) in [6.45, 7) is 1.77. The van der Waals surface area contributed by atoms with Gasteiger partial charge in [0.2, 0.25) is 0 Å². The second-order valence-electron chi connectivity index (χ2n) is 3.18. The van der Waals surface area contributed by atoms with Crippen molar-refractivity contribution in [2.45, 2.75) is 25.5 Å². The Morgan fingerprint density at radius 3 is 2.64 bits per heavy atom. The fourth-order valence-corrected chi connectivity index (χ4v) is 1.20. The Morgan fingerprint density at radius 1 is 1.43 bits per heavy atom. The molecule has 1 aromatic carbocycles. The molecule has 2 unspecified atom stereocenters. The predicted octanol–water partition coefficient (Wildman–Crippen LogP) is 1.74. The van der Waals surface area contributed by atoms with Gasteiger partial charge in [-0.05, 0) is 24.6 Å². The van der Waals surface area contributed by atoms with Crippen LogP contribution in [-0.4, -0.2) is 11.1 Å². The average molecular weight is 201 g/mol. The molecule has 0 radical (unpaired) electrons. The predicted molar refractivity (Wildman–Crippen MR) is 49.6 cm³/mol. The Labute approximate surface area is 81.4 Å². The first-order valence-corrected chi connectivity index (χ1v) is 4.44. The second kappa shape index (κ2) is 4.48. The standard InChI is InChI=1S/C10H13F2NO/c1-2-9(13)10(14)7-5-6(11)3-4-8(7)12/h3-5,9-10,14H,2,13H2,1H3. The number of rotatable bonds is 3. The Hall–Kier alpha value is -1.00. The minimum atomic E-state index is -1.16. The molecule has 2 nitrogen and oxygen atoms in total. The van der Waals surface area contributed by atoms with Gasteiger partial charge in [0.05, 0.1) is 6.10 Å². The van der Waals surface area contributed by atoms with Gasteiger partial charge in [0, 0.05) is 11.6 Å². The quantitative estimate of drug-likeness (QED) is 0.782. The highest BCUT2D eigenvalue weighted by molar-refractivity contribution is 5.22. The van der Waals surface area contributed by atoms with Gasteiger partial charge in [-0.25, -0.2) is 8.78 Å². The molecule has 3 N–H and O–H groups in total. The van der Waals surface area contributed by atoms with E-state index in [9.17, 15) is 13.9 Å². The molecule has 14 heavy (non-hydrogen) atoms. The van der Waals surface area contributed by atoms with Crippen molar-refractivity contribution in [2.24, 2.45) is 5.73 Å². The summed E-state index contributed by atoms with van der Waals surface area (Å²) in [5, 5.41) is 9.56. The Kier molecular flexibility index (Phi) is 3.55. The summed E-state index contributed by atoms with van der Waals surface area (Å²) in [4.78, 5) is 0. The van der Waals surface area contributed by atoms with Crippen molar-refractivity contribution in [3.63, 3.8) is 0 Å². The summed E-state index contributed by atoms with van der Waals surface area (Å²) in [6.07, 6.45) is -0.660. The largest absolute Gasteiger partial charge is 0.387 e. The number of nitrogens with two attached hydrogens (primary N) is 1. The molecule has 0 fully saturated rings. The summed E-state index contributed by atoms with van der Waals surface area (Å²) in [5.74, 6) is -1.22. The zero-order valence-electron chi connectivity index (χ0n) is 7.87. The fourth-order valence-electron chi connectivity index (χ4n) is 1.20. The molecule has 4 heteroatoms. The smallest absolute Gasteiger partial charge is 0.129 e. The topological polar surface area (TPSA) is 46.2 Å². The van der Waals surface area contributed by atoms with Gasteiger partial charge in [0.25, 0.3) is 0 Å². The number of hydrogen-bond acceptors (Lipinski definition) is 2. The molecule has 0 amide bonds. The van der Waals surface area contributed by atoms with Crippen LogP contribution >= 0.6 is 0 Å². The van der Waals surface area contributed by atoms with E-state index in [1.54, 1.807) is 6.92 Å². The molecule has 0 heterocycles. The molecule has 0 saturated heterocycles. The van der Waals surface area contributed by atoms with Crippen LogP contribution in [0, 0.1) is 11.6 Å². The number of aliphatic hydroxyl groups excluding tert-OH is 1. The first-order chi connectivity index (χ1) is 6.56. The minimum absolute atomic E-state index is 0.0839. The van der Waals surface area contributed by atoms with Crippen LogP contribution < -0.4 is 5.73 Å². The van der Waals surface area contributed by atoms with Crippen molar-refractivity contribution < 1.29 is 13.9 Å². The molecule has 1 aromatic rings. The van der Waals surface area contributed by atoms with Crippen molar-refractivity contribution in [2.75, 3.05) is 0 Å². The molecule has 0 aromatic heterocycles. The summed E-state index contributed by atoms with van der Waals surface area (Å²) in [6, 6.07) is 2.38. The normalized spacial score (nSPS) is 15.2. The lowest BCUT2D eigenvalue weighted by atomic mass is 10.0. The van der Waals surface area contributed by atoms with Crippen LogP contribution in [0.2, 0.25) is 0 Å². The summed E-state index contributed by atoms with van der Waals surface area (Å²) in [5.41, 5.74) is 5.44. The molecule has 0 saturated carbocycles. The van der Waals surface area contributed by atoms with E-state index in [4.69, 9.17) is 5.73 Å². The van der Waals surface area contributed by atoms with Gasteiger partial charge in [-0.15, -0.1) is 0 Å². The highest BCUT2D eigenvalue weighted by Gasteiger charge is 2.19. The van der Waals surface area contributed by atoms with E-state index in [1.165, 1.54) is 0 Å². The number of aliphatic hydroxyl groups is 1. The van der Waals surface area contributed by atoms with Crippen LogP contribution in [0.15, 0.2) is 18.2 Å². The van der Waals surface area contributed by atoms with Crippen molar-refractivity contribution in [1.29, 1.82) is 0 Å². The van der Waals surface area contributed by atoms with Crippen molar-refractivity contribution in [3.05, 3.63) is 35.4 Å². The lowest BCUT2D eigenvalue weighted by molar-refractivity contribution is 0.140. The van der Waals surface area contributed by atoms with Gasteiger partial charge in [-0.3, -0.25) is 0 Å². The van der Waals surface area contributed by atoms with Crippen molar-refractivity contribution >= 4 is 0 Å². The van der Waals surface area contributed by atoms with E-state index in [-0.39, 0.29) is 5.56 Å². The number of benzene rings is 1. The minimum Gasteiger partial charge on any atom is -0.387 e. The maximum Gasteiger partial charge on any atom is 0.129 e. The molecule has 78 valence electrons. The maximum atomic E-state index is 13.1. The van der Waals surface area contributed by atoms with Gasteiger partial charge in [-0.2, -0.15) is 0 Å². The van der Waals surface area contributed by atoms with Crippen LogP contribution in [0.25, 0.3) is 0 Å². The molecule has 0 aliphatic rings. The van der Waals surface area contributed by atoms with Crippen LogP contribution in [0.3, 0.4) is 0 Å². The third-order valence-electron chi connectivity index (χ3n) is 2.15. The van der Waals surface area contributed by atoms with Crippen LogP contribution in [0.5, 0.6) is 0 Å². The summed E-state index contributed by atoms with van der Waals surface area (Å²) in [7, 11) is 0. The summed E-state index contributed by atoms with van der Waals surface area (Å²) >= 11 is 0. The first-order valence-electron chi connectivity index (χ1n) is 4.44. The number of hydrogen-bond donors (Lipinski definition) is 2. The molecule has 0 spiro atoms. The highest BCUT2D eigenvalue weighted by Crippen LogP contribution is 2.21.